The molecule has 1 saturated heterocycles. The van der Waals surface area contributed by atoms with E-state index in [1.54, 1.807) is 42.5 Å². The molecule has 0 radical (unpaired) electrons. The van der Waals surface area contributed by atoms with Crippen LogP contribution in [0.3, 0.4) is 0 Å². The van der Waals surface area contributed by atoms with Crippen molar-refractivity contribution in [2.45, 2.75) is 12.5 Å². The highest BCUT2D eigenvalue weighted by molar-refractivity contribution is 6.09. The van der Waals surface area contributed by atoms with E-state index in [1.807, 2.05) is 0 Å². The molecule has 1 aromatic carbocycles. The standard InChI is InChI=1S/C15H13N3O4/c1-15(11-8-5-9-22-11)13(20)18(14(21)16-15)17-12(19)10-6-3-2-4-7-10/h2-9H,1H3,(H,16,21)(H,17,19)/t15-/m0/s1. The molecule has 4 amide bonds. The smallest absolute Gasteiger partial charge is 0.344 e. The molecule has 2 N–H and O–H groups in total. The second kappa shape index (κ2) is 5.03. The van der Waals surface area contributed by atoms with Crippen LogP contribution in [0.4, 0.5) is 4.79 Å². The molecule has 22 heavy (non-hydrogen) atoms. The predicted octanol–water partition coefficient (Wildman–Crippen LogP) is 1.39. The van der Waals surface area contributed by atoms with Crippen LogP contribution in [-0.2, 0) is 10.3 Å². The van der Waals surface area contributed by atoms with Gasteiger partial charge in [-0.2, -0.15) is 5.01 Å². The summed E-state index contributed by atoms with van der Waals surface area (Å²) in [7, 11) is 0. The van der Waals surface area contributed by atoms with Crippen molar-refractivity contribution in [1.82, 2.24) is 15.8 Å². The number of carbonyl (C=O) groups excluding carboxylic acids is 3. The number of benzene rings is 1. The number of amides is 4. The first-order valence-electron chi connectivity index (χ1n) is 6.59. The van der Waals surface area contributed by atoms with Crippen molar-refractivity contribution in [3.63, 3.8) is 0 Å². The number of urea groups is 1. The molecule has 0 unspecified atom stereocenters. The van der Waals surface area contributed by atoms with Gasteiger partial charge in [-0.3, -0.25) is 15.0 Å². The van der Waals surface area contributed by atoms with Gasteiger partial charge in [0.05, 0.1) is 6.26 Å². The molecule has 2 heterocycles. The number of hydrogen-bond acceptors (Lipinski definition) is 4. The lowest BCUT2D eigenvalue weighted by atomic mass is 10.00. The Bertz CT molecular complexity index is 727. The quantitative estimate of drug-likeness (QED) is 0.838. The highest BCUT2D eigenvalue weighted by Gasteiger charge is 2.52. The summed E-state index contributed by atoms with van der Waals surface area (Å²) in [5.74, 6) is -0.869. The van der Waals surface area contributed by atoms with E-state index in [9.17, 15) is 14.4 Å². The minimum atomic E-state index is -1.34. The van der Waals surface area contributed by atoms with Gasteiger partial charge in [-0.15, -0.1) is 0 Å². The summed E-state index contributed by atoms with van der Waals surface area (Å²) in [5, 5.41) is 3.18. The van der Waals surface area contributed by atoms with Crippen LogP contribution in [0.15, 0.2) is 53.1 Å². The number of rotatable bonds is 3. The SMILES string of the molecule is C[C@@]1(c2ccco2)NC(=O)N(NC(=O)c2ccccc2)C1=O. The normalized spacial score (nSPS) is 20.9. The third kappa shape index (κ3) is 2.12. The predicted molar refractivity (Wildman–Crippen MR) is 75.3 cm³/mol. The van der Waals surface area contributed by atoms with Crippen molar-refractivity contribution >= 4 is 17.8 Å². The Kier molecular flexibility index (Phi) is 3.17. The van der Waals surface area contributed by atoms with Crippen LogP contribution >= 0.6 is 0 Å². The van der Waals surface area contributed by atoms with Crippen molar-refractivity contribution in [3.05, 3.63) is 60.1 Å². The van der Waals surface area contributed by atoms with Crippen LogP contribution < -0.4 is 10.7 Å². The summed E-state index contributed by atoms with van der Waals surface area (Å²) < 4.78 is 5.20. The Labute approximate surface area is 125 Å². The summed E-state index contributed by atoms with van der Waals surface area (Å²) >= 11 is 0. The fourth-order valence-corrected chi connectivity index (χ4v) is 2.23. The first-order valence-corrected chi connectivity index (χ1v) is 6.59. The zero-order valence-electron chi connectivity index (χ0n) is 11.7. The molecule has 0 saturated carbocycles. The van der Waals surface area contributed by atoms with E-state index >= 15 is 0 Å². The Morgan fingerprint density at radius 1 is 1.18 bits per heavy atom. The van der Waals surface area contributed by atoms with Crippen LogP contribution in [0, 0.1) is 0 Å². The molecule has 112 valence electrons. The third-order valence-corrected chi connectivity index (χ3v) is 3.45. The fourth-order valence-electron chi connectivity index (χ4n) is 2.23. The molecular weight excluding hydrogens is 286 g/mol. The summed E-state index contributed by atoms with van der Waals surface area (Å²) in [4.78, 5) is 36.6. The third-order valence-electron chi connectivity index (χ3n) is 3.45. The number of imide groups is 1. The molecule has 0 aliphatic carbocycles. The van der Waals surface area contributed by atoms with E-state index < -0.39 is 23.4 Å². The van der Waals surface area contributed by atoms with Gasteiger partial charge in [-0.1, -0.05) is 18.2 Å². The number of hydrogen-bond donors (Lipinski definition) is 2. The van der Waals surface area contributed by atoms with Crippen LogP contribution in [-0.4, -0.2) is 22.9 Å². The van der Waals surface area contributed by atoms with Crippen LogP contribution in [0.25, 0.3) is 0 Å². The lowest BCUT2D eigenvalue weighted by Gasteiger charge is -2.19. The number of nitrogens with one attached hydrogen (secondary N) is 2. The second-order valence-electron chi connectivity index (χ2n) is 4.98. The van der Waals surface area contributed by atoms with Crippen molar-refractivity contribution in [3.8, 4) is 0 Å². The molecule has 1 aliphatic rings. The maximum absolute atomic E-state index is 12.5. The first kappa shape index (κ1) is 13.9. The average Bonchev–Trinajstić information content (AvgIpc) is 3.13. The van der Waals surface area contributed by atoms with Crippen LogP contribution in [0.5, 0.6) is 0 Å². The van der Waals surface area contributed by atoms with Gasteiger partial charge in [0, 0.05) is 5.56 Å². The first-order chi connectivity index (χ1) is 10.5. The monoisotopic (exact) mass is 299 g/mol. The van der Waals surface area contributed by atoms with Gasteiger partial charge in [-0.25, -0.2) is 4.79 Å². The van der Waals surface area contributed by atoms with E-state index in [-0.39, 0.29) is 0 Å². The van der Waals surface area contributed by atoms with Crippen LogP contribution in [0.2, 0.25) is 0 Å². The molecule has 0 bridgehead atoms. The number of hydrazine groups is 1. The summed E-state index contributed by atoms with van der Waals surface area (Å²) in [6.07, 6.45) is 1.41. The molecule has 0 spiro atoms. The summed E-state index contributed by atoms with van der Waals surface area (Å²) in [6.45, 7) is 1.51. The van der Waals surface area contributed by atoms with Gasteiger partial charge in [0.25, 0.3) is 11.8 Å². The molecule has 1 atom stereocenters. The molecule has 2 aromatic rings. The lowest BCUT2D eigenvalue weighted by molar-refractivity contribution is -0.133. The maximum Gasteiger partial charge on any atom is 0.344 e. The van der Waals surface area contributed by atoms with E-state index in [0.29, 0.717) is 16.3 Å². The number of nitrogens with zero attached hydrogens (tertiary/aromatic N) is 1. The zero-order valence-corrected chi connectivity index (χ0v) is 11.7. The zero-order chi connectivity index (χ0) is 15.7. The van der Waals surface area contributed by atoms with E-state index in [0.717, 1.165) is 0 Å². The molecule has 3 rings (SSSR count). The lowest BCUT2D eigenvalue weighted by Crippen LogP contribution is -2.47. The minimum absolute atomic E-state index is 0.294. The molecule has 1 fully saturated rings. The van der Waals surface area contributed by atoms with Crippen LogP contribution in [0.1, 0.15) is 23.0 Å². The largest absolute Gasteiger partial charge is 0.466 e. The van der Waals surface area contributed by atoms with Gasteiger partial charge < -0.3 is 9.73 Å². The molecular formula is C15H13N3O4. The van der Waals surface area contributed by atoms with Gasteiger partial charge in [0.15, 0.2) is 5.54 Å². The Morgan fingerprint density at radius 2 is 1.91 bits per heavy atom. The second-order valence-corrected chi connectivity index (χ2v) is 4.98. The maximum atomic E-state index is 12.5. The van der Waals surface area contributed by atoms with E-state index in [1.165, 1.54) is 13.2 Å². The summed E-state index contributed by atoms with van der Waals surface area (Å²) in [6, 6.07) is 10.8. The van der Waals surface area contributed by atoms with Crippen molar-refractivity contribution in [2.75, 3.05) is 0 Å². The average molecular weight is 299 g/mol. The van der Waals surface area contributed by atoms with E-state index in [2.05, 4.69) is 10.7 Å². The molecule has 7 heteroatoms. The summed E-state index contributed by atoms with van der Waals surface area (Å²) in [5.41, 5.74) is 1.30. The number of furan rings is 1. The molecule has 1 aromatic heterocycles. The minimum Gasteiger partial charge on any atom is -0.466 e. The number of carbonyl (C=O) groups is 3. The van der Waals surface area contributed by atoms with Crippen molar-refractivity contribution < 1.29 is 18.8 Å². The molecule has 1 aliphatic heterocycles. The highest BCUT2D eigenvalue weighted by atomic mass is 16.3. The Morgan fingerprint density at radius 3 is 2.55 bits per heavy atom. The van der Waals surface area contributed by atoms with E-state index in [4.69, 9.17) is 4.42 Å². The Hall–Kier alpha value is -3.09. The molecule has 7 nitrogen and oxygen atoms in total. The van der Waals surface area contributed by atoms with Gasteiger partial charge in [0.2, 0.25) is 0 Å². The van der Waals surface area contributed by atoms with Crippen molar-refractivity contribution in [1.29, 1.82) is 0 Å². The fraction of sp³-hybridized carbons (Fsp3) is 0.133. The highest BCUT2D eigenvalue weighted by Crippen LogP contribution is 2.28. The Balaban J connectivity index is 1.82. The van der Waals surface area contributed by atoms with Gasteiger partial charge >= 0.3 is 6.03 Å². The van der Waals surface area contributed by atoms with Crippen molar-refractivity contribution in [2.24, 2.45) is 0 Å². The van der Waals surface area contributed by atoms with Gasteiger partial charge in [0.1, 0.15) is 5.76 Å². The van der Waals surface area contributed by atoms with Gasteiger partial charge in [-0.05, 0) is 31.2 Å². The topological polar surface area (TPSA) is 91.7 Å².